The molecular weight excluding hydrogens is 373 g/mol. The summed E-state index contributed by atoms with van der Waals surface area (Å²) in [7, 11) is 0. The number of morpholine rings is 1. The lowest BCUT2D eigenvalue weighted by Gasteiger charge is -2.35. The summed E-state index contributed by atoms with van der Waals surface area (Å²) >= 11 is 0. The zero-order valence-corrected chi connectivity index (χ0v) is 18.1. The molecule has 2 aliphatic rings. The first-order chi connectivity index (χ1) is 11.5. The van der Waals surface area contributed by atoms with Crippen LogP contribution in [0.3, 0.4) is 0 Å². The average Bonchev–Trinajstić information content (AvgIpc) is 2.54. The molecule has 2 fully saturated rings. The van der Waals surface area contributed by atoms with E-state index in [-0.39, 0.29) is 36.1 Å². The Kier molecular flexibility index (Phi) is 13.1. The van der Waals surface area contributed by atoms with Crippen LogP contribution in [0.25, 0.3) is 0 Å². The number of hydrogen-bond donors (Lipinski definition) is 2. The van der Waals surface area contributed by atoms with Gasteiger partial charge in [-0.15, -0.1) is 24.8 Å². The van der Waals surface area contributed by atoms with E-state index in [1.165, 1.54) is 19.3 Å². The van der Waals surface area contributed by atoms with Crippen molar-refractivity contribution in [3.63, 3.8) is 0 Å². The zero-order valence-electron chi connectivity index (χ0n) is 16.5. The molecular formula is C19H39Cl2N3O2. The summed E-state index contributed by atoms with van der Waals surface area (Å²) in [6.45, 7) is 8.86. The lowest BCUT2D eigenvalue weighted by atomic mass is 9.71. The molecule has 0 radical (unpaired) electrons. The highest BCUT2D eigenvalue weighted by Gasteiger charge is 2.32. The third-order valence-electron chi connectivity index (χ3n) is 5.60. The van der Waals surface area contributed by atoms with Gasteiger partial charge in [0.2, 0.25) is 5.91 Å². The monoisotopic (exact) mass is 411 g/mol. The van der Waals surface area contributed by atoms with Gasteiger partial charge >= 0.3 is 0 Å². The van der Waals surface area contributed by atoms with Gasteiger partial charge in [-0.1, -0.05) is 19.3 Å². The highest BCUT2D eigenvalue weighted by Crippen LogP contribution is 2.38. The number of carbonyl (C=O) groups is 1. The van der Waals surface area contributed by atoms with Crippen LogP contribution in [0.15, 0.2) is 0 Å². The minimum atomic E-state index is 0. The lowest BCUT2D eigenvalue weighted by molar-refractivity contribution is -0.123. The zero-order chi connectivity index (χ0) is 17.4. The number of carbonyl (C=O) groups excluding carboxylic acids is 1. The van der Waals surface area contributed by atoms with Gasteiger partial charge < -0.3 is 15.8 Å². The molecule has 0 aromatic carbocycles. The van der Waals surface area contributed by atoms with Crippen LogP contribution in [0.5, 0.6) is 0 Å². The van der Waals surface area contributed by atoms with Gasteiger partial charge in [-0.25, -0.2) is 0 Å². The van der Waals surface area contributed by atoms with Gasteiger partial charge in [-0.2, -0.15) is 0 Å². The molecule has 1 amide bonds. The SMILES string of the molecule is CC1CN(CCCCNC(=O)CC2(CN)CCCCC2)CC(C)O1.Cl.Cl. The number of nitrogens with one attached hydrogen (secondary N) is 1. The molecule has 1 aliphatic heterocycles. The number of amides is 1. The molecule has 1 heterocycles. The van der Waals surface area contributed by atoms with E-state index < -0.39 is 0 Å². The number of unbranched alkanes of at least 4 members (excludes halogenated alkanes) is 1. The molecule has 2 atom stereocenters. The van der Waals surface area contributed by atoms with Gasteiger partial charge in [0.1, 0.15) is 0 Å². The van der Waals surface area contributed by atoms with Crippen molar-refractivity contribution in [3.8, 4) is 0 Å². The smallest absolute Gasteiger partial charge is 0.220 e. The molecule has 0 bridgehead atoms. The van der Waals surface area contributed by atoms with Crippen LogP contribution in [0, 0.1) is 5.41 Å². The van der Waals surface area contributed by atoms with E-state index in [4.69, 9.17) is 10.5 Å². The van der Waals surface area contributed by atoms with E-state index in [2.05, 4.69) is 24.1 Å². The standard InChI is InChI=1S/C19H37N3O2.2ClH/c1-16-13-22(14-17(2)24-16)11-7-6-10-21-18(23)12-19(15-20)8-4-3-5-9-19;;/h16-17H,3-15,20H2,1-2H3,(H,21,23);2*1H. The van der Waals surface area contributed by atoms with E-state index in [0.717, 1.165) is 51.9 Å². The second-order valence-electron chi connectivity index (χ2n) is 8.02. The average molecular weight is 412 g/mol. The summed E-state index contributed by atoms with van der Waals surface area (Å²) in [5.41, 5.74) is 6.04. The van der Waals surface area contributed by atoms with Crippen molar-refractivity contribution >= 4 is 30.7 Å². The molecule has 156 valence electrons. The lowest BCUT2D eigenvalue weighted by Crippen LogP contribution is -2.45. The second-order valence-corrected chi connectivity index (χ2v) is 8.02. The van der Waals surface area contributed by atoms with Crippen molar-refractivity contribution in [2.75, 3.05) is 32.7 Å². The van der Waals surface area contributed by atoms with Crippen LogP contribution in [-0.4, -0.2) is 55.7 Å². The summed E-state index contributed by atoms with van der Waals surface area (Å²) in [5, 5.41) is 3.11. The van der Waals surface area contributed by atoms with Gasteiger partial charge in [0.15, 0.2) is 0 Å². The highest BCUT2D eigenvalue weighted by atomic mass is 35.5. The highest BCUT2D eigenvalue weighted by molar-refractivity contribution is 5.85. The Balaban J connectivity index is 0.00000312. The summed E-state index contributed by atoms with van der Waals surface area (Å²) in [6, 6.07) is 0. The summed E-state index contributed by atoms with van der Waals surface area (Å²) < 4.78 is 5.76. The molecule has 1 aliphatic carbocycles. The molecule has 0 aromatic heterocycles. The Labute approximate surface area is 172 Å². The number of halogens is 2. The number of rotatable bonds is 8. The van der Waals surface area contributed by atoms with E-state index in [1.54, 1.807) is 0 Å². The van der Waals surface area contributed by atoms with Gasteiger partial charge in [-0.05, 0) is 58.0 Å². The van der Waals surface area contributed by atoms with E-state index in [0.29, 0.717) is 25.2 Å². The Morgan fingerprint density at radius 2 is 1.73 bits per heavy atom. The van der Waals surface area contributed by atoms with Crippen LogP contribution in [-0.2, 0) is 9.53 Å². The summed E-state index contributed by atoms with van der Waals surface area (Å²) in [6.07, 6.45) is 9.41. The van der Waals surface area contributed by atoms with Crippen molar-refractivity contribution in [1.82, 2.24) is 10.2 Å². The minimum Gasteiger partial charge on any atom is -0.373 e. The van der Waals surface area contributed by atoms with E-state index >= 15 is 0 Å². The first kappa shape index (κ1) is 25.9. The number of nitrogens with zero attached hydrogens (tertiary/aromatic N) is 1. The fraction of sp³-hybridized carbons (Fsp3) is 0.947. The molecule has 3 N–H and O–H groups in total. The molecule has 2 unspecified atom stereocenters. The molecule has 2 rings (SSSR count). The van der Waals surface area contributed by atoms with Crippen molar-refractivity contribution < 1.29 is 9.53 Å². The predicted molar refractivity (Wildman–Crippen MR) is 112 cm³/mol. The van der Waals surface area contributed by atoms with Gasteiger partial charge in [0, 0.05) is 26.1 Å². The van der Waals surface area contributed by atoms with Crippen LogP contribution in [0.4, 0.5) is 0 Å². The van der Waals surface area contributed by atoms with Gasteiger partial charge in [0.05, 0.1) is 12.2 Å². The fourth-order valence-electron chi connectivity index (χ4n) is 4.31. The van der Waals surface area contributed by atoms with Crippen molar-refractivity contribution in [2.24, 2.45) is 11.1 Å². The number of nitrogens with two attached hydrogens (primary N) is 1. The van der Waals surface area contributed by atoms with Crippen LogP contribution < -0.4 is 11.1 Å². The Hall–Kier alpha value is -0.0700. The molecule has 1 saturated heterocycles. The molecule has 26 heavy (non-hydrogen) atoms. The first-order valence-electron chi connectivity index (χ1n) is 9.87. The molecule has 7 heteroatoms. The van der Waals surface area contributed by atoms with Crippen LogP contribution in [0.2, 0.25) is 0 Å². The van der Waals surface area contributed by atoms with Gasteiger partial charge in [0.25, 0.3) is 0 Å². The maximum atomic E-state index is 12.2. The normalized spacial score (nSPS) is 25.7. The van der Waals surface area contributed by atoms with Gasteiger partial charge in [-0.3, -0.25) is 9.69 Å². The minimum absolute atomic E-state index is 0. The first-order valence-corrected chi connectivity index (χ1v) is 9.87. The van der Waals surface area contributed by atoms with E-state index in [1.807, 2.05) is 0 Å². The Morgan fingerprint density at radius 1 is 1.12 bits per heavy atom. The Bertz CT molecular complexity index is 383. The van der Waals surface area contributed by atoms with Crippen molar-refractivity contribution in [3.05, 3.63) is 0 Å². The third-order valence-corrected chi connectivity index (χ3v) is 5.60. The quantitative estimate of drug-likeness (QED) is 0.601. The summed E-state index contributed by atoms with van der Waals surface area (Å²) in [4.78, 5) is 14.7. The van der Waals surface area contributed by atoms with Crippen molar-refractivity contribution in [2.45, 2.75) is 77.4 Å². The number of ether oxygens (including phenoxy) is 1. The summed E-state index contributed by atoms with van der Waals surface area (Å²) in [5.74, 6) is 0.191. The van der Waals surface area contributed by atoms with Crippen LogP contribution in [0.1, 0.15) is 65.2 Å². The predicted octanol–water partition coefficient (Wildman–Crippen LogP) is 3.13. The molecule has 1 saturated carbocycles. The second kappa shape index (κ2) is 13.2. The molecule has 0 aromatic rings. The largest absolute Gasteiger partial charge is 0.373 e. The third kappa shape index (κ3) is 8.75. The van der Waals surface area contributed by atoms with E-state index in [9.17, 15) is 4.79 Å². The maximum absolute atomic E-state index is 12.2. The Morgan fingerprint density at radius 3 is 2.31 bits per heavy atom. The molecule has 5 nitrogen and oxygen atoms in total. The number of hydrogen-bond acceptors (Lipinski definition) is 4. The maximum Gasteiger partial charge on any atom is 0.220 e. The fourth-order valence-corrected chi connectivity index (χ4v) is 4.31. The topological polar surface area (TPSA) is 67.6 Å². The van der Waals surface area contributed by atoms with Crippen molar-refractivity contribution in [1.29, 1.82) is 0 Å². The molecule has 0 spiro atoms. The van der Waals surface area contributed by atoms with Crippen LogP contribution >= 0.6 is 24.8 Å².